The summed E-state index contributed by atoms with van der Waals surface area (Å²) in [5.74, 6) is 0. The molecule has 40 heavy (non-hydrogen) atoms. The fourth-order valence-electron chi connectivity index (χ4n) is 5.88. The molecule has 1 nitrogen and oxygen atoms in total. The summed E-state index contributed by atoms with van der Waals surface area (Å²) < 4.78 is 2.68. The standard InChI is InChI=1S/C38H25NS/c1-3-10-26(11-4-1)28-12-9-15-31(22-28)39(30-13-5-2-6-14-30)32-21-20-27-18-19-29-23-38-36(25-35(29)34(27)24-32)33-16-7-8-17-37(33)40-38/h1-25H. The van der Waals surface area contributed by atoms with Gasteiger partial charge in [-0.3, -0.25) is 0 Å². The molecule has 1 aromatic heterocycles. The molecule has 0 bridgehead atoms. The summed E-state index contributed by atoms with van der Waals surface area (Å²) in [4.78, 5) is 2.36. The molecule has 0 aliphatic rings. The van der Waals surface area contributed by atoms with E-state index < -0.39 is 0 Å². The molecule has 0 saturated heterocycles. The number of nitrogens with zero attached hydrogens (tertiary/aromatic N) is 1. The minimum Gasteiger partial charge on any atom is -0.310 e. The molecular formula is C38H25NS. The van der Waals surface area contributed by atoms with E-state index in [2.05, 4.69) is 157 Å². The fraction of sp³-hybridized carbons (Fsp3) is 0. The Bertz CT molecular complexity index is 2160. The van der Waals surface area contributed by atoms with Gasteiger partial charge in [-0.05, 0) is 87.3 Å². The first-order valence-corrected chi connectivity index (χ1v) is 14.4. The van der Waals surface area contributed by atoms with Crippen LogP contribution in [0, 0.1) is 0 Å². The van der Waals surface area contributed by atoms with Crippen molar-refractivity contribution in [2.75, 3.05) is 4.90 Å². The first-order chi connectivity index (χ1) is 19.8. The lowest BCUT2D eigenvalue weighted by molar-refractivity contribution is 1.29. The Morgan fingerprint density at radius 2 is 1.00 bits per heavy atom. The summed E-state index contributed by atoms with van der Waals surface area (Å²) in [5, 5.41) is 7.76. The van der Waals surface area contributed by atoms with Crippen molar-refractivity contribution < 1.29 is 0 Å². The van der Waals surface area contributed by atoms with Crippen LogP contribution in [0.4, 0.5) is 17.1 Å². The molecule has 0 radical (unpaired) electrons. The van der Waals surface area contributed by atoms with Gasteiger partial charge in [-0.15, -0.1) is 11.3 Å². The Morgan fingerprint density at radius 1 is 0.350 bits per heavy atom. The lowest BCUT2D eigenvalue weighted by Gasteiger charge is -2.26. The van der Waals surface area contributed by atoms with Crippen molar-refractivity contribution >= 4 is 70.1 Å². The van der Waals surface area contributed by atoms with Crippen LogP contribution in [0.15, 0.2) is 152 Å². The van der Waals surface area contributed by atoms with Crippen molar-refractivity contribution in [3.05, 3.63) is 152 Å². The third kappa shape index (κ3) is 3.85. The average Bonchev–Trinajstić information content (AvgIpc) is 3.39. The van der Waals surface area contributed by atoms with Crippen LogP contribution in [0.2, 0.25) is 0 Å². The second kappa shape index (κ2) is 9.37. The average molecular weight is 528 g/mol. The van der Waals surface area contributed by atoms with Gasteiger partial charge in [-0.25, -0.2) is 0 Å². The lowest BCUT2D eigenvalue weighted by Crippen LogP contribution is -2.09. The quantitative estimate of drug-likeness (QED) is 0.206. The maximum Gasteiger partial charge on any atom is 0.0468 e. The van der Waals surface area contributed by atoms with Crippen LogP contribution in [0.25, 0.3) is 52.8 Å². The summed E-state index contributed by atoms with van der Waals surface area (Å²) in [6, 6.07) is 55.0. The molecule has 0 N–H and O–H groups in total. The molecule has 8 rings (SSSR count). The van der Waals surface area contributed by atoms with Gasteiger partial charge in [-0.1, -0.05) is 97.1 Å². The van der Waals surface area contributed by atoms with E-state index in [1.165, 1.54) is 52.8 Å². The van der Waals surface area contributed by atoms with Crippen LogP contribution >= 0.6 is 11.3 Å². The van der Waals surface area contributed by atoms with Gasteiger partial charge in [0.15, 0.2) is 0 Å². The maximum absolute atomic E-state index is 2.40. The smallest absolute Gasteiger partial charge is 0.0468 e. The van der Waals surface area contributed by atoms with Gasteiger partial charge in [0.25, 0.3) is 0 Å². The number of hydrogen-bond donors (Lipinski definition) is 0. The molecule has 8 aromatic rings. The zero-order valence-electron chi connectivity index (χ0n) is 21.8. The van der Waals surface area contributed by atoms with E-state index in [0.717, 1.165) is 17.1 Å². The largest absolute Gasteiger partial charge is 0.310 e. The van der Waals surface area contributed by atoms with Crippen LogP contribution in [-0.4, -0.2) is 0 Å². The van der Waals surface area contributed by atoms with Crippen molar-refractivity contribution in [2.24, 2.45) is 0 Å². The van der Waals surface area contributed by atoms with Crippen molar-refractivity contribution in [3.8, 4) is 11.1 Å². The third-order valence-corrected chi connectivity index (χ3v) is 8.94. The molecule has 0 aliphatic heterocycles. The van der Waals surface area contributed by atoms with Crippen molar-refractivity contribution in [2.45, 2.75) is 0 Å². The predicted molar refractivity (Wildman–Crippen MR) is 174 cm³/mol. The third-order valence-electron chi connectivity index (χ3n) is 7.80. The van der Waals surface area contributed by atoms with Gasteiger partial charge in [0.1, 0.15) is 0 Å². The second-order valence-electron chi connectivity index (χ2n) is 10.2. The Kier molecular flexibility index (Phi) is 5.39. The highest BCUT2D eigenvalue weighted by molar-refractivity contribution is 7.25. The highest BCUT2D eigenvalue weighted by Crippen LogP contribution is 2.41. The predicted octanol–water partition coefficient (Wildman–Crippen LogP) is 11.5. The summed E-state index contributed by atoms with van der Waals surface area (Å²) in [6.45, 7) is 0. The van der Waals surface area contributed by atoms with Gasteiger partial charge < -0.3 is 4.90 Å². The maximum atomic E-state index is 2.40. The van der Waals surface area contributed by atoms with Crippen LogP contribution in [-0.2, 0) is 0 Å². The zero-order chi connectivity index (χ0) is 26.5. The summed E-state index contributed by atoms with van der Waals surface area (Å²) in [5.41, 5.74) is 5.84. The molecule has 0 atom stereocenters. The Labute approximate surface area is 237 Å². The number of rotatable bonds is 4. The molecule has 0 aliphatic carbocycles. The van der Waals surface area contributed by atoms with E-state index in [-0.39, 0.29) is 0 Å². The minimum absolute atomic E-state index is 1.14. The number of anilines is 3. The van der Waals surface area contributed by atoms with Gasteiger partial charge >= 0.3 is 0 Å². The second-order valence-corrected chi connectivity index (χ2v) is 11.3. The molecule has 7 aromatic carbocycles. The van der Waals surface area contributed by atoms with Gasteiger partial charge in [0.05, 0.1) is 0 Å². The van der Waals surface area contributed by atoms with Crippen LogP contribution in [0.1, 0.15) is 0 Å². The first-order valence-electron chi connectivity index (χ1n) is 13.6. The molecule has 0 spiro atoms. The van der Waals surface area contributed by atoms with E-state index >= 15 is 0 Å². The molecule has 188 valence electrons. The highest BCUT2D eigenvalue weighted by Gasteiger charge is 2.15. The molecule has 0 unspecified atom stereocenters. The van der Waals surface area contributed by atoms with Crippen LogP contribution < -0.4 is 4.90 Å². The van der Waals surface area contributed by atoms with Gasteiger partial charge in [-0.2, -0.15) is 0 Å². The minimum atomic E-state index is 1.14. The SMILES string of the molecule is c1ccc(-c2cccc(N(c3ccccc3)c3ccc4ccc5cc6sc7ccccc7c6cc5c4c3)c2)cc1. The number of para-hydroxylation sites is 1. The molecule has 0 saturated carbocycles. The highest BCUT2D eigenvalue weighted by atomic mass is 32.1. The van der Waals surface area contributed by atoms with E-state index in [9.17, 15) is 0 Å². The molecule has 1 heterocycles. The Morgan fingerprint density at radius 3 is 1.88 bits per heavy atom. The van der Waals surface area contributed by atoms with Crippen LogP contribution in [0.5, 0.6) is 0 Å². The van der Waals surface area contributed by atoms with Gasteiger partial charge in [0.2, 0.25) is 0 Å². The summed E-state index contributed by atoms with van der Waals surface area (Å²) in [6.07, 6.45) is 0. The number of benzene rings is 7. The van der Waals surface area contributed by atoms with E-state index in [1.807, 2.05) is 11.3 Å². The fourth-order valence-corrected chi connectivity index (χ4v) is 7.02. The van der Waals surface area contributed by atoms with E-state index in [1.54, 1.807) is 0 Å². The van der Waals surface area contributed by atoms with Crippen molar-refractivity contribution in [3.63, 3.8) is 0 Å². The zero-order valence-corrected chi connectivity index (χ0v) is 22.6. The number of hydrogen-bond acceptors (Lipinski definition) is 2. The van der Waals surface area contributed by atoms with E-state index in [0.29, 0.717) is 0 Å². The molecule has 0 amide bonds. The summed E-state index contributed by atoms with van der Waals surface area (Å²) in [7, 11) is 0. The number of fused-ring (bicyclic) bond motifs is 6. The molecular weight excluding hydrogens is 502 g/mol. The van der Waals surface area contributed by atoms with E-state index in [4.69, 9.17) is 0 Å². The van der Waals surface area contributed by atoms with Crippen LogP contribution in [0.3, 0.4) is 0 Å². The van der Waals surface area contributed by atoms with Crippen molar-refractivity contribution in [1.29, 1.82) is 0 Å². The normalized spacial score (nSPS) is 11.5. The summed E-state index contributed by atoms with van der Waals surface area (Å²) >= 11 is 1.88. The molecule has 0 fully saturated rings. The monoisotopic (exact) mass is 527 g/mol. The Balaban J connectivity index is 1.35. The lowest BCUT2D eigenvalue weighted by atomic mass is 9.98. The topological polar surface area (TPSA) is 3.24 Å². The molecule has 2 heteroatoms. The van der Waals surface area contributed by atoms with Gasteiger partial charge in [0, 0.05) is 37.2 Å². The first kappa shape index (κ1) is 23.0. The van der Waals surface area contributed by atoms with Crippen molar-refractivity contribution in [1.82, 2.24) is 0 Å². The Hall–Kier alpha value is -4.92. The number of thiophene rings is 1.